The first-order chi connectivity index (χ1) is 9.18. The van der Waals surface area contributed by atoms with Crippen molar-refractivity contribution in [1.82, 2.24) is 4.90 Å². The predicted octanol–water partition coefficient (Wildman–Crippen LogP) is 1.27. The second kappa shape index (κ2) is 5.12. The Kier molecular flexibility index (Phi) is 3.48. The quantitative estimate of drug-likeness (QED) is 0.818. The maximum absolute atomic E-state index is 12.7. The minimum Gasteiger partial charge on any atom is -0.481 e. The van der Waals surface area contributed by atoms with E-state index >= 15 is 0 Å². The van der Waals surface area contributed by atoms with Crippen LogP contribution in [0.25, 0.3) is 0 Å². The van der Waals surface area contributed by atoms with Crippen molar-refractivity contribution in [3.8, 4) is 0 Å². The Hall–Kier alpha value is -1.10. The predicted molar refractivity (Wildman–Crippen MR) is 67.6 cm³/mol. The van der Waals surface area contributed by atoms with Gasteiger partial charge in [-0.1, -0.05) is 6.42 Å². The van der Waals surface area contributed by atoms with Gasteiger partial charge in [0.05, 0.1) is 30.6 Å². The van der Waals surface area contributed by atoms with E-state index in [1.807, 2.05) is 4.90 Å². The van der Waals surface area contributed by atoms with E-state index in [2.05, 4.69) is 0 Å². The first-order valence-electron chi connectivity index (χ1n) is 7.33. The minimum atomic E-state index is -0.813. The molecular weight excluding hydrogens is 246 g/mol. The minimum absolute atomic E-state index is 0.0603. The number of carboxylic acid groups (broad SMARTS) is 1. The normalized spacial score (nSPS) is 38.2. The fraction of sp³-hybridized carbons (Fsp3) is 0.857. The van der Waals surface area contributed by atoms with Gasteiger partial charge in [0, 0.05) is 6.54 Å². The number of morpholine rings is 1. The lowest BCUT2D eigenvalue weighted by Gasteiger charge is -2.39. The zero-order chi connectivity index (χ0) is 13.4. The molecule has 4 unspecified atom stereocenters. The van der Waals surface area contributed by atoms with Gasteiger partial charge in [0.25, 0.3) is 0 Å². The van der Waals surface area contributed by atoms with Crippen LogP contribution in [0, 0.1) is 11.8 Å². The van der Waals surface area contributed by atoms with Crippen LogP contribution in [-0.2, 0) is 14.3 Å². The first-order valence-corrected chi connectivity index (χ1v) is 7.33. The average molecular weight is 267 g/mol. The summed E-state index contributed by atoms with van der Waals surface area (Å²) >= 11 is 0. The maximum atomic E-state index is 12.7. The monoisotopic (exact) mass is 267 g/mol. The zero-order valence-corrected chi connectivity index (χ0v) is 11.1. The zero-order valence-electron chi connectivity index (χ0n) is 11.1. The second-order valence-electron chi connectivity index (χ2n) is 5.92. The van der Waals surface area contributed by atoms with Crippen molar-refractivity contribution in [3.63, 3.8) is 0 Å². The molecule has 3 aliphatic rings. The third kappa shape index (κ3) is 2.24. The van der Waals surface area contributed by atoms with Crippen LogP contribution in [0.15, 0.2) is 0 Å². The van der Waals surface area contributed by atoms with Gasteiger partial charge in [0.2, 0.25) is 5.91 Å². The number of carbonyl (C=O) groups is 2. The number of carbonyl (C=O) groups excluding carboxylic acids is 1. The molecule has 0 aromatic heterocycles. The molecule has 0 bridgehead atoms. The van der Waals surface area contributed by atoms with Gasteiger partial charge >= 0.3 is 5.97 Å². The topological polar surface area (TPSA) is 66.8 Å². The van der Waals surface area contributed by atoms with Crippen LogP contribution in [0.3, 0.4) is 0 Å². The molecule has 1 saturated heterocycles. The van der Waals surface area contributed by atoms with Crippen LogP contribution in [0.5, 0.6) is 0 Å². The molecule has 5 nitrogen and oxygen atoms in total. The van der Waals surface area contributed by atoms with Crippen LogP contribution in [0.2, 0.25) is 0 Å². The van der Waals surface area contributed by atoms with Crippen LogP contribution >= 0.6 is 0 Å². The van der Waals surface area contributed by atoms with Gasteiger partial charge in [0.1, 0.15) is 0 Å². The number of aliphatic carboxylic acids is 1. The number of rotatable bonds is 2. The highest BCUT2D eigenvalue weighted by atomic mass is 16.5. The Bertz CT molecular complexity index is 384. The summed E-state index contributed by atoms with van der Waals surface area (Å²) < 4.78 is 5.71. The lowest BCUT2D eigenvalue weighted by Crippen LogP contribution is -2.53. The van der Waals surface area contributed by atoms with Crippen molar-refractivity contribution >= 4 is 11.9 Å². The van der Waals surface area contributed by atoms with Gasteiger partial charge in [-0.25, -0.2) is 0 Å². The van der Waals surface area contributed by atoms with Crippen molar-refractivity contribution in [2.75, 3.05) is 13.2 Å². The van der Waals surface area contributed by atoms with E-state index in [0.29, 0.717) is 19.6 Å². The molecule has 4 atom stereocenters. The SMILES string of the molecule is O=C(O)C1CCCC1C(=O)N1CCOC2CCCC21. The highest BCUT2D eigenvalue weighted by Crippen LogP contribution is 2.37. The molecule has 1 heterocycles. The van der Waals surface area contributed by atoms with Crippen molar-refractivity contribution in [1.29, 1.82) is 0 Å². The van der Waals surface area contributed by atoms with E-state index < -0.39 is 11.9 Å². The molecule has 5 heteroatoms. The lowest BCUT2D eigenvalue weighted by molar-refractivity contribution is -0.155. The molecule has 0 radical (unpaired) electrons. The van der Waals surface area contributed by atoms with E-state index in [1.165, 1.54) is 0 Å². The van der Waals surface area contributed by atoms with Crippen LogP contribution < -0.4 is 0 Å². The lowest BCUT2D eigenvalue weighted by atomic mass is 9.93. The third-order valence-electron chi connectivity index (χ3n) is 4.92. The molecule has 2 saturated carbocycles. The van der Waals surface area contributed by atoms with E-state index in [9.17, 15) is 14.7 Å². The van der Waals surface area contributed by atoms with Crippen molar-refractivity contribution in [2.45, 2.75) is 50.7 Å². The number of ether oxygens (including phenoxy) is 1. The summed E-state index contributed by atoms with van der Waals surface area (Å²) in [7, 11) is 0. The van der Waals surface area contributed by atoms with E-state index in [0.717, 1.165) is 32.1 Å². The molecule has 1 aliphatic heterocycles. The van der Waals surface area contributed by atoms with Crippen LogP contribution in [-0.4, -0.2) is 47.2 Å². The van der Waals surface area contributed by atoms with Gasteiger partial charge < -0.3 is 14.7 Å². The molecule has 1 amide bonds. The Labute approximate surface area is 112 Å². The summed E-state index contributed by atoms with van der Waals surface area (Å²) in [6.07, 6.45) is 5.54. The molecular formula is C14H21NO4. The average Bonchev–Trinajstić information content (AvgIpc) is 3.05. The Morgan fingerprint density at radius 3 is 2.58 bits per heavy atom. The van der Waals surface area contributed by atoms with Gasteiger partial charge in [-0.05, 0) is 32.1 Å². The molecule has 0 aromatic rings. The highest BCUT2D eigenvalue weighted by molar-refractivity contribution is 5.85. The molecule has 1 N–H and O–H groups in total. The molecule has 0 aromatic carbocycles. The molecule has 3 fully saturated rings. The Morgan fingerprint density at radius 1 is 1.05 bits per heavy atom. The summed E-state index contributed by atoms with van der Waals surface area (Å²) in [5.41, 5.74) is 0. The first kappa shape index (κ1) is 12.9. The standard InChI is InChI=1S/C14H21NO4/c16-13(9-3-1-4-10(9)14(17)18)15-7-8-19-12-6-2-5-11(12)15/h9-12H,1-8H2,(H,17,18). The summed E-state index contributed by atoms with van der Waals surface area (Å²) in [6.45, 7) is 1.22. The van der Waals surface area contributed by atoms with Crippen molar-refractivity contribution in [2.24, 2.45) is 11.8 Å². The number of hydrogen-bond acceptors (Lipinski definition) is 3. The summed E-state index contributed by atoms with van der Waals surface area (Å²) in [6, 6.07) is 0.191. The van der Waals surface area contributed by atoms with Crippen molar-refractivity contribution < 1.29 is 19.4 Å². The summed E-state index contributed by atoms with van der Waals surface area (Å²) in [5, 5.41) is 9.22. The summed E-state index contributed by atoms with van der Waals surface area (Å²) in [5.74, 6) is -1.54. The van der Waals surface area contributed by atoms with Gasteiger partial charge in [-0.3, -0.25) is 9.59 Å². The molecule has 106 valence electrons. The fourth-order valence-corrected chi connectivity index (χ4v) is 3.96. The molecule has 3 rings (SSSR count). The number of hydrogen-bond donors (Lipinski definition) is 1. The number of nitrogens with zero attached hydrogens (tertiary/aromatic N) is 1. The van der Waals surface area contributed by atoms with Gasteiger partial charge in [-0.2, -0.15) is 0 Å². The maximum Gasteiger partial charge on any atom is 0.307 e. The van der Waals surface area contributed by atoms with Crippen LogP contribution in [0.4, 0.5) is 0 Å². The smallest absolute Gasteiger partial charge is 0.307 e. The third-order valence-corrected chi connectivity index (χ3v) is 4.92. The number of carboxylic acids is 1. The molecule has 0 spiro atoms. The van der Waals surface area contributed by atoms with Crippen LogP contribution in [0.1, 0.15) is 38.5 Å². The Morgan fingerprint density at radius 2 is 1.79 bits per heavy atom. The van der Waals surface area contributed by atoms with Gasteiger partial charge in [0.15, 0.2) is 0 Å². The van der Waals surface area contributed by atoms with E-state index in [-0.39, 0.29) is 24.0 Å². The second-order valence-corrected chi connectivity index (χ2v) is 5.92. The molecule has 19 heavy (non-hydrogen) atoms. The fourth-order valence-electron chi connectivity index (χ4n) is 3.96. The number of amides is 1. The molecule has 2 aliphatic carbocycles. The van der Waals surface area contributed by atoms with E-state index in [1.54, 1.807) is 0 Å². The summed E-state index contributed by atoms with van der Waals surface area (Å²) in [4.78, 5) is 25.8. The number of fused-ring (bicyclic) bond motifs is 1. The highest BCUT2D eigenvalue weighted by Gasteiger charge is 2.44. The Balaban J connectivity index is 1.74. The van der Waals surface area contributed by atoms with Gasteiger partial charge in [-0.15, -0.1) is 0 Å². The largest absolute Gasteiger partial charge is 0.481 e. The van der Waals surface area contributed by atoms with Crippen molar-refractivity contribution in [3.05, 3.63) is 0 Å². The van der Waals surface area contributed by atoms with E-state index in [4.69, 9.17) is 4.74 Å².